The third-order valence-electron chi connectivity index (χ3n) is 6.30. The topological polar surface area (TPSA) is 86.8 Å². The lowest BCUT2D eigenvalue weighted by Crippen LogP contribution is -2.42. The van der Waals surface area contributed by atoms with E-state index in [4.69, 9.17) is 0 Å². The lowest BCUT2D eigenvalue weighted by Gasteiger charge is -2.22. The second-order valence-corrected chi connectivity index (χ2v) is 8.00. The molecule has 0 saturated carbocycles. The Morgan fingerprint density at radius 1 is 1.00 bits per heavy atom. The van der Waals surface area contributed by atoms with E-state index in [-0.39, 0.29) is 24.1 Å². The highest BCUT2D eigenvalue weighted by atomic mass is 16.2. The molecule has 2 aromatic rings. The van der Waals surface area contributed by atoms with Gasteiger partial charge in [-0.05, 0) is 54.7 Å². The lowest BCUT2D eigenvalue weighted by molar-refractivity contribution is -0.131. The number of hydrogen-bond acceptors (Lipinski definition) is 4. The summed E-state index contributed by atoms with van der Waals surface area (Å²) >= 11 is 0. The molecule has 1 aliphatic carbocycles. The number of nitrogens with zero attached hydrogens (tertiary/aromatic N) is 2. The molecule has 0 radical (unpaired) electrons. The van der Waals surface area contributed by atoms with Gasteiger partial charge in [-0.15, -0.1) is 0 Å². The van der Waals surface area contributed by atoms with E-state index in [2.05, 4.69) is 5.32 Å². The summed E-state index contributed by atoms with van der Waals surface area (Å²) in [7, 11) is 0. The molecule has 2 aromatic carbocycles. The second kappa shape index (κ2) is 6.79. The fraction of sp³-hybridized carbons (Fsp3) is 0.304. The smallest absolute Gasteiger partial charge is 0.319 e. The van der Waals surface area contributed by atoms with Crippen LogP contribution in [0.1, 0.15) is 40.7 Å². The third-order valence-corrected chi connectivity index (χ3v) is 6.30. The summed E-state index contributed by atoms with van der Waals surface area (Å²) in [6.45, 7) is 0.370. The summed E-state index contributed by atoms with van der Waals surface area (Å²) < 4.78 is 0. The van der Waals surface area contributed by atoms with Crippen molar-refractivity contribution < 1.29 is 19.2 Å². The van der Waals surface area contributed by atoms with Crippen LogP contribution in [0, 0.1) is 0 Å². The molecule has 7 heteroatoms. The average Bonchev–Trinajstić information content (AvgIpc) is 3.42. The van der Waals surface area contributed by atoms with Gasteiger partial charge in [-0.1, -0.05) is 24.3 Å². The SMILES string of the molecule is O=C(CN1C(=O)NC2(CCc3ccccc32)C1=O)c1ccc(N2CCCC2=O)cc1. The third kappa shape index (κ3) is 2.73. The molecular weight excluding hydrogens is 382 g/mol. The van der Waals surface area contributed by atoms with Crippen molar-refractivity contribution in [2.24, 2.45) is 0 Å². The van der Waals surface area contributed by atoms with E-state index in [0.29, 0.717) is 31.4 Å². The number of aryl methyl sites for hydroxylation is 1. The molecule has 3 aliphatic rings. The summed E-state index contributed by atoms with van der Waals surface area (Å²) in [6.07, 6.45) is 2.58. The monoisotopic (exact) mass is 403 g/mol. The summed E-state index contributed by atoms with van der Waals surface area (Å²) in [4.78, 5) is 53.1. The molecule has 2 fully saturated rings. The molecule has 1 N–H and O–H groups in total. The van der Waals surface area contributed by atoms with E-state index in [1.807, 2.05) is 24.3 Å². The van der Waals surface area contributed by atoms with Gasteiger partial charge in [0, 0.05) is 24.2 Å². The lowest BCUT2D eigenvalue weighted by atomic mass is 9.92. The second-order valence-electron chi connectivity index (χ2n) is 8.00. The highest BCUT2D eigenvalue weighted by Crippen LogP contribution is 2.41. The Morgan fingerprint density at radius 2 is 1.77 bits per heavy atom. The van der Waals surface area contributed by atoms with Crippen molar-refractivity contribution in [1.29, 1.82) is 0 Å². The number of hydrogen-bond donors (Lipinski definition) is 1. The van der Waals surface area contributed by atoms with Gasteiger partial charge in [0.25, 0.3) is 5.91 Å². The van der Waals surface area contributed by atoms with Gasteiger partial charge >= 0.3 is 6.03 Å². The maximum atomic E-state index is 13.2. The minimum absolute atomic E-state index is 0.0792. The quantitative estimate of drug-likeness (QED) is 0.627. The van der Waals surface area contributed by atoms with Crippen LogP contribution in [-0.2, 0) is 21.5 Å². The Hall–Kier alpha value is -3.48. The molecule has 7 nitrogen and oxygen atoms in total. The molecule has 1 unspecified atom stereocenters. The predicted molar refractivity (Wildman–Crippen MR) is 109 cm³/mol. The molecule has 0 aromatic heterocycles. The number of carbonyl (C=O) groups is 4. The maximum absolute atomic E-state index is 13.2. The maximum Gasteiger partial charge on any atom is 0.325 e. The zero-order valence-electron chi connectivity index (χ0n) is 16.4. The van der Waals surface area contributed by atoms with Gasteiger partial charge in [-0.2, -0.15) is 0 Å². The number of anilines is 1. The molecule has 4 amide bonds. The van der Waals surface area contributed by atoms with Crippen LogP contribution in [-0.4, -0.2) is 41.6 Å². The molecule has 1 spiro atoms. The van der Waals surface area contributed by atoms with Crippen LogP contribution in [0.25, 0.3) is 0 Å². The summed E-state index contributed by atoms with van der Waals surface area (Å²) in [5.74, 6) is -0.609. The highest BCUT2D eigenvalue weighted by Gasteiger charge is 2.55. The summed E-state index contributed by atoms with van der Waals surface area (Å²) in [5, 5.41) is 2.83. The Morgan fingerprint density at radius 3 is 2.50 bits per heavy atom. The van der Waals surface area contributed by atoms with Crippen LogP contribution in [0.2, 0.25) is 0 Å². The van der Waals surface area contributed by atoms with Crippen LogP contribution in [0.5, 0.6) is 0 Å². The van der Waals surface area contributed by atoms with Crippen molar-refractivity contribution in [2.75, 3.05) is 18.0 Å². The van der Waals surface area contributed by atoms with E-state index >= 15 is 0 Å². The summed E-state index contributed by atoms with van der Waals surface area (Å²) in [5.41, 5.74) is 1.96. The van der Waals surface area contributed by atoms with Gasteiger partial charge in [0.15, 0.2) is 5.78 Å². The van der Waals surface area contributed by atoms with E-state index < -0.39 is 11.6 Å². The first-order valence-corrected chi connectivity index (χ1v) is 10.2. The first-order valence-electron chi connectivity index (χ1n) is 10.2. The van der Waals surface area contributed by atoms with Crippen molar-refractivity contribution in [3.63, 3.8) is 0 Å². The van der Waals surface area contributed by atoms with Crippen LogP contribution >= 0.6 is 0 Å². The first kappa shape index (κ1) is 18.5. The molecule has 5 rings (SSSR count). The fourth-order valence-electron chi connectivity index (χ4n) is 4.72. The van der Waals surface area contributed by atoms with Gasteiger partial charge in [-0.25, -0.2) is 4.79 Å². The number of urea groups is 1. The zero-order valence-corrected chi connectivity index (χ0v) is 16.4. The molecule has 2 heterocycles. The number of nitrogens with one attached hydrogen (secondary N) is 1. The van der Waals surface area contributed by atoms with Crippen LogP contribution in [0.15, 0.2) is 48.5 Å². The van der Waals surface area contributed by atoms with Gasteiger partial charge in [0.2, 0.25) is 5.91 Å². The fourth-order valence-corrected chi connectivity index (χ4v) is 4.72. The normalized spacial score (nSPS) is 22.7. The standard InChI is InChI=1S/C23H21N3O4/c27-19(16-7-9-17(10-8-16)25-13-3-6-20(25)28)14-26-21(29)23(24-22(26)30)12-11-15-4-1-2-5-18(15)23/h1-2,4-5,7-10H,3,6,11-14H2,(H,24,30). The van der Waals surface area contributed by atoms with E-state index in [1.54, 1.807) is 29.2 Å². The number of Topliss-reactive ketones (excluding diaryl/α,β-unsaturated/α-hetero) is 1. The molecule has 0 bridgehead atoms. The molecule has 1 atom stereocenters. The minimum atomic E-state index is -1.06. The minimum Gasteiger partial charge on any atom is -0.319 e. The molecule has 30 heavy (non-hydrogen) atoms. The number of amides is 4. The number of rotatable bonds is 4. The Kier molecular flexibility index (Phi) is 4.20. The number of ketones is 1. The van der Waals surface area contributed by atoms with E-state index in [0.717, 1.165) is 28.1 Å². The number of fused-ring (bicyclic) bond motifs is 2. The van der Waals surface area contributed by atoms with Crippen LogP contribution in [0.3, 0.4) is 0 Å². The van der Waals surface area contributed by atoms with Crippen LogP contribution < -0.4 is 10.2 Å². The van der Waals surface area contributed by atoms with Crippen molar-refractivity contribution in [2.45, 2.75) is 31.2 Å². The molecule has 2 aliphatic heterocycles. The Bertz CT molecular complexity index is 1080. The zero-order chi connectivity index (χ0) is 20.9. The molecule has 2 saturated heterocycles. The van der Waals surface area contributed by atoms with Crippen molar-refractivity contribution in [3.05, 3.63) is 65.2 Å². The number of benzene rings is 2. The van der Waals surface area contributed by atoms with Crippen molar-refractivity contribution in [1.82, 2.24) is 10.2 Å². The van der Waals surface area contributed by atoms with Crippen molar-refractivity contribution >= 4 is 29.3 Å². The van der Waals surface area contributed by atoms with E-state index in [9.17, 15) is 19.2 Å². The first-order chi connectivity index (χ1) is 14.5. The van der Waals surface area contributed by atoms with E-state index in [1.165, 1.54) is 0 Å². The highest BCUT2D eigenvalue weighted by molar-refractivity contribution is 6.12. The van der Waals surface area contributed by atoms with Gasteiger partial charge < -0.3 is 10.2 Å². The van der Waals surface area contributed by atoms with Gasteiger partial charge in [0.1, 0.15) is 5.54 Å². The molecule has 152 valence electrons. The Labute approximate surface area is 173 Å². The van der Waals surface area contributed by atoms with Gasteiger partial charge in [0.05, 0.1) is 6.54 Å². The summed E-state index contributed by atoms with van der Waals surface area (Å²) in [6, 6.07) is 13.8. The van der Waals surface area contributed by atoms with Crippen LogP contribution in [0.4, 0.5) is 10.5 Å². The number of carbonyl (C=O) groups excluding carboxylic acids is 4. The molecular formula is C23H21N3O4. The van der Waals surface area contributed by atoms with Gasteiger partial charge in [-0.3, -0.25) is 19.3 Å². The average molecular weight is 403 g/mol. The number of imide groups is 1. The predicted octanol–water partition coefficient (Wildman–Crippen LogP) is 2.39. The van der Waals surface area contributed by atoms with Crippen molar-refractivity contribution in [3.8, 4) is 0 Å². The largest absolute Gasteiger partial charge is 0.325 e. The Balaban J connectivity index is 1.34.